The third-order valence-corrected chi connectivity index (χ3v) is 6.04. The Morgan fingerprint density at radius 2 is 1.78 bits per heavy atom. The molecule has 0 unspecified atom stereocenters. The van der Waals surface area contributed by atoms with E-state index in [1.807, 2.05) is 24.3 Å². The number of benzene rings is 2. The van der Waals surface area contributed by atoms with Crippen LogP contribution in [0.1, 0.15) is 43.4 Å². The Morgan fingerprint density at radius 1 is 1.06 bits per heavy atom. The van der Waals surface area contributed by atoms with Crippen molar-refractivity contribution in [2.45, 2.75) is 33.1 Å². The fraction of sp³-hybridized carbons (Fsp3) is 0.214. The van der Waals surface area contributed by atoms with Crippen LogP contribution in [0.2, 0.25) is 0 Å². The van der Waals surface area contributed by atoms with Crippen LogP contribution < -0.4 is 0 Å². The van der Waals surface area contributed by atoms with E-state index in [1.54, 1.807) is 12.2 Å². The molecule has 0 fully saturated rings. The van der Waals surface area contributed by atoms with Gasteiger partial charge in [0.1, 0.15) is 5.76 Å². The lowest BCUT2D eigenvalue weighted by molar-refractivity contribution is 0.431. The minimum atomic E-state index is 0.233. The summed E-state index contributed by atoms with van der Waals surface area (Å²) in [5.74, 6) is 0.233. The quantitative estimate of drug-likeness (QED) is 0.400. The number of hydrogen-bond donors (Lipinski definition) is 1. The number of nitrogens with zero attached hydrogens (tertiary/aromatic N) is 2. The number of aliphatic hydroxyl groups excluding tert-OH is 1. The van der Waals surface area contributed by atoms with Crippen LogP contribution >= 0.6 is 15.9 Å². The van der Waals surface area contributed by atoms with E-state index in [9.17, 15) is 5.11 Å². The summed E-state index contributed by atoms with van der Waals surface area (Å²) in [7, 11) is 0. The Balaban J connectivity index is 2.08. The van der Waals surface area contributed by atoms with Gasteiger partial charge >= 0.3 is 0 Å². The zero-order valence-electron chi connectivity index (χ0n) is 18.7. The standard InChI is InChI=1S/C28H29BrN2O/c1-4-22-12-8-9-16-26(22)28(30-3)20(2)27(23-13-6-5-7-14-23)31-19-21-11-10-15-24(29)18-25(32)17-21/h5-9,11-14,16-18,32H,3-4,10,15,19H2,1-2H3/b21-11?,24-18+,25-17+,28-20-,31-27?. The van der Waals surface area contributed by atoms with Crippen molar-refractivity contribution in [3.8, 4) is 0 Å². The highest BCUT2D eigenvalue weighted by atomic mass is 79.9. The molecule has 4 heteroatoms. The third kappa shape index (κ3) is 6.04. The van der Waals surface area contributed by atoms with Crippen LogP contribution in [0.5, 0.6) is 0 Å². The van der Waals surface area contributed by atoms with Crippen LogP contribution in [0.4, 0.5) is 0 Å². The van der Waals surface area contributed by atoms with Gasteiger partial charge in [-0.05, 0) is 60.7 Å². The van der Waals surface area contributed by atoms with Crippen LogP contribution in [-0.4, -0.2) is 24.1 Å². The molecular formula is C28H29BrN2O. The highest BCUT2D eigenvalue weighted by Gasteiger charge is 2.15. The van der Waals surface area contributed by atoms with E-state index in [0.29, 0.717) is 6.54 Å². The molecule has 2 aromatic rings. The normalized spacial score (nSPS) is 18.8. The number of aliphatic imine (C=N–C) groups is 2. The molecule has 164 valence electrons. The van der Waals surface area contributed by atoms with Gasteiger partial charge in [-0.3, -0.25) is 9.98 Å². The zero-order chi connectivity index (χ0) is 22.9. The molecule has 0 radical (unpaired) electrons. The first kappa shape index (κ1) is 23.7. The molecule has 0 atom stereocenters. The maximum atomic E-state index is 10.2. The molecule has 0 amide bonds. The minimum Gasteiger partial charge on any atom is -0.508 e. The number of aryl methyl sites for hydroxylation is 1. The van der Waals surface area contributed by atoms with E-state index in [-0.39, 0.29) is 5.76 Å². The van der Waals surface area contributed by atoms with Crippen LogP contribution in [0.15, 0.2) is 104 Å². The molecule has 3 rings (SSSR count). The molecule has 1 aliphatic carbocycles. The highest BCUT2D eigenvalue weighted by molar-refractivity contribution is 9.11. The van der Waals surface area contributed by atoms with Gasteiger partial charge in [-0.15, -0.1) is 0 Å². The summed E-state index contributed by atoms with van der Waals surface area (Å²) in [5, 5.41) is 10.2. The SMILES string of the molecule is C=N/C(=C(/C)C(=NCC1=CCC/C(Br)=C\C(O)=C/1)c1ccccc1)c1ccccc1CC. The predicted molar refractivity (Wildman–Crippen MR) is 141 cm³/mol. The monoisotopic (exact) mass is 488 g/mol. The summed E-state index contributed by atoms with van der Waals surface area (Å²) in [4.78, 5) is 9.43. The molecule has 2 aromatic carbocycles. The van der Waals surface area contributed by atoms with E-state index in [1.165, 1.54) is 5.56 Å². The van der Waals surface area contributed by atoms with Crippen molar-refractivity contribution in [3.63, 3.8) is 0 Å². The fourth-order valence-corrected chi connectivity index (χ4v) is 4.26. The maximum Gasteiger partial charge on any atom is 0.116 e. The maximum absolute atomic E-state index is 10.2. The first-order chi connectivity index (χ1) is 15.5. The predicted octanol–water partition coefficient (Wildman–Crippen LogP) is 7.61. The van der Waals surface area contributed by atoms with Gasteiger partial charge in [0.25, 0.3) is 0 Å². The molecule has 0 aliphatic heterocycles. The van der Waals surface area contributed by atoms with Crippen molar-refractivity contribution in [2.24, 2.45) is 9.98 Å². The Hall–Kier alpha value is -2.98. The summed E-state index contributed by atoms with van der Waals surface area (Å²) in [5.41, 5.74) is 7.05. The third-order valence-electron chi connectivity index (χ3n) is 5.42. The van der Waals surface area contributed by atoms with Gasteiger partial charge in [0.05, 0.1) is 18.0 Å². The van der Waals surface area contributed by atoms with Crippen molar-refractivity contribution in [3.05, 3.63) is 111 Å². The molecule has 0 spiro atoms. The second-order valence-corrected chi connectivity index (χ2v) is 8.67. The zero-order valence-corrected chi connectivity index (χ0v) is 20.3. The number of rotatable bonds is 7. The average Bonchev–Trinajstić information content (AvgIpc) is 2.79. The van der Waals surface area contributed by atoms with E-state index in [0.717, 1.165) is 57.4 Å². The average molecular weight is 489 g/mol. The molecule has 1 aliphatic rings. The van der Waals surface area contributed by atoms with Crippen LogP contribution in [0, 0.1) is 0 Å². The van der Waals surface area contributed by atoms with Gasteiger partial charge in [-0.25, -0.2) is 0 Å². The van der Waals surface area contributed by atoms with Gasteiger partial charge in [-0.1, -0.05) is 83.5 Å². The van der Waals surface area contributed by atoms with Crippen molar-refractivity contribution in [1.29, 1.82) is 0 Å². The number of aliphatic hydroxyl groups is 1. The van der Waals surface area contributed by atoms with Gasteiger partial charge in [0, 0.05) is 16.7 Å². The Kier molecular flexibility index (Phi) is 8.57. The van der Waals surface area contributed by atoms with Gasteiger partial charge in [-0.2, -0.15) is 0 Å². The number of halogens is 1. The minimum absolute atomic E-state index is 0.233. The van der Waals surface area contributed by atoms with Gasteiger partial charge in [0.2, 0.25) is 0 Å². The number of hydrogen-bond acceptors (Lipinski definition) is 3. The van der Waals surface area contributed by atoms with Crippen molar-refractivity contribution >= 4 is 34.1 Å². The molecule has 0 bridgehead atoms. The van der Waals surface area contributed by atoms with Crippen LogP contribution in [0.25, 0.3) is 5.70 Å². The molecular weight excluding hydrogens is 460 g/mol. The van der Waals surface area contributed by atoms with Crippen LogP contribution in [-0.2, 0) is 6.42 Å². The lowest BCUT2D eigenvalue weighted by Gasteiger charge is -2.15. The second-order valence-electron chi connectivity index (χ2n) is 7.65. The topological polar surface area (TPSA) is 45.0 Å². The molecule has 0 heterocycles. The smallest absolute Gasteiger partial charge is 0.116 e. The van der Waals surface area contributed by atoms with Crippen molar-refractivity contribution in [1.82, 2.24) is 0 Å². The Morgan fingerprint density at radius 3 is 2.50 bits per heavy atom. The van der Waals surface area contributed by atoms with E-state index in [4.69, 9.17) is 4.99 Å². The molecule has 32 heavy (non-hydrogen) atoms. The Labute approximate surface area is 199 Å². The molecule has 0 aromatic heterocycles. The van der Waals surface area contributed by atoms with Gasteiger partial charge in [0.15, 0.2) is 0 Å². The van der Waals surface area contributed by atoms with Crippen LogP contribution in [0.3, 0.4) is 0 Å². The van der Waals surface area contributed by atoms with Crippen molar-refractivity contribution in [2.75, 3.05) is 6.54 Å². The molecule has 0 saturated heterocycles. The van der Waals surface area contributed by atoms with E-state index in [2.05, 4.69) is 77.9 Å². The molecule has 0 saturated carbocycles. The number of allylic oxidation sites excluding steroid dienone is 4. The Bertz CT molecular complexity index is 1120. The lowest BCUT2D eigenvalue weighted by Crippen LogP contribution is -2.08. The van der Waals surface area contributed by atoms with E-state index >= 15 is 0 Å². The fourth-order valence-electron chi connectivity index (χ4n) is 3.80. The summed E-state index contributed by atoms with van der Waals surface area (Å²) >= 11 is 3.48. The first-order valence-corrected chi connectivity index (χ1v) is 11.6. The summed E-state index contributed by atoms with van der Waals surface area (Å²) < 4.78 is 0.991. The summed E-state index contributed by atoms with van der Waals surface area (Å²) in [6.07, 6.45) is 8.33. The first-order valence-electron chi connectivity index (χ1n) is 10.8. The molecule has 3 nitrogen and oxygen atoms in total. The van der Waals surface area contributed by atoms with Crippen molar-refractivity contribution < 1.29 is 5.11 Å². The van der Waals surface area contributed by atoms with Gasteiger partial charge < -0.3 is 5.11 Å². The lowest BCUT2D eigenvalue weighted by atomic mass is 9.95. The van der Waals surface area contributed by atoms with E-state index < -0.39 is 0 Å². The highest BCUT2D eigenvalue weighted by Crippen LogP contribution is 2.27. The summed E-state index contributed by atoms with van der Waals surface area (Å²) in [6, 6.07) is 18.5. The summed E-state index contributed by atoms with van der Waals surface area (Å²) in [6.45, 7) is 8.55. The molecule has 1 N–H and O–H groups in total. The second kappa shape index (κ2) is 11.6. The largest absolute Gasteiger partial charge is 0.508 e.